The van der Waals surface area contributed by atoms with Gasteiger partial charge in [0.1, 0.15) is 5.82 Å². The van der Waals surface area contributed by atoms with Crippen LogP contribution in [0.1, 0.15) is 48.1 Å². The van der Waals surface area contributed by atoms with Gasteiger partial charge in [-0.3, -0.25) is 0 Å². The first-order valence-electron chi connectivity index (χ1n) is 6.11. The van der Waals surface area contributed by atoms with E-state index < -0.39 is 0 Å². The van der Waals surface area contributed by atoms with Crippen LogP contribution in [0.25, 0.3) is 0 Å². The fourth-order valence-electron chi connectivity index (χ4n) is 2.18. The molecule has 0 aromatic heterocycles. The van der Waals surface area contributed by atoms with Gasteiger partial charge in [0.2, 0.25) is 0 Å². The van der Waals surface area contributed by atoms with Crippen LogP contribution in [0.5, 0.6) is 0 Å². The summed E-state index contributed by atoms with van der Waals surface area (Å²) in [5.41, 5.74) is 5.26. The van der Waals surface area contributed by atoms with Crippen LogP contribution in [-0.2, 0) is 6.42 Å². The van der Waals surface area contributed by atoms with Crippen LogP contribution in [0.4, 0.5) is 4.39 Å². The van der Waals surface area contributed by atoms with E-state index in [4.69, 9.17) is 0 Å². The maximum Gasteiger partial charge on any atom is 0.129 e. The topological polar surface area (TPSA) is 0 Å². The molecule has 90 valence electrons. The summed E-state index contributed by atoms with van der Waals surface area (Å²) in [6.07, 6.45) is 2.12. The predicted octanol–water partition coefficient (Wildman–Crippen LogP) is 4.65. The Morgan fingerprint density at radius 3 is 1.94 bits per heavy atom. The molecule has 0 amide bonds. The Kier molecular flexibility index (Phi) is 4.12. The van der Waals surface area contributed by atoms with Crippen LogP contribution in [0.3, 0.4) is 0 Å². The van der Waals surface area contributed by atoms with Gasteiger partial charge in [0.05, 0.1) is 0 Å². The fourth-order valence-corrected chi connectivity index (χ4v) is 2.18. The molecule has 0 radical (unpaired) electrons. The highest BCUT2D eigenvalue weighted by Crippen LogP contribution is 2.27. The largest absolute Gasteiger partial charge is 0.206 e. The first-order valence-corrected chi connectivity index (χ1v) is 6.11. The standard InChI is InChI=1S/C15H23F/c1-9(2)7-8-14-11(4)10(3)12(5)15(16)13(14)6/h9H,7-8H2,1-6H3. The maximum absolute atomic E-state index is 14.0. The van der Waals surface area contributed by atoms with Crippen LogP contribution in [0.2, 0.25) is 0 Å². The molecule has 0 nitrogen and oxygen atoms in total. The SMILES string of the molecule is Cc1c(C)c(F)c(C)c(CCC(C)C)c1C. The molecule has 0 unspecified atom stereocenters. The Labute approximate surface area is 98.9 Å². The number of halogens is 1. The smallest absolute Gasteiger partial charge is 0.129 e. The predicted molar refractivity (Wildman–Crippen MR) is 68.5 cm³/mol. The van der Waals surface area contributed by atoms with Crippen molar-refractivity contribution in [3.05, 3.63) is 33.6 Å². The van der Waals surface area contributed by atoms with Crippen molar-refractivity contribution in [3.63, 3.8) is 0 Å². The van der Waals surface area contributed by atoms with Crippen LogP contribution in [0, 0.1) is 39.4 Å². The van der Waals surface area contributed by atoms with E-state index in [1.807, 2.05) is 20.8 Å². The maximum atomic E-state index is 14.0. The van der Waals surface area contributed by atoms with Gasteiger partial charge in [-0.05, 0) is 74.3 Å². The molecule has 0 saturated carbocycles. The zero-order chi connectivity index (χ0) is 12.5. The van der Waals surface area contributed by atoms with Crippen LogP contribution >= 0.6 is 0 Å². The van der Waals surface area contributed by atoms with Crippen molar-refractivity contribution in [1.82, 2.24) is 0 Å². The Morgan fingerprint density at radius 1 is 0.875 bits per heavy atom. The van der Waals surface area contributed by atoms with Gasteiger partial charge in [-0.2, -0.15) is 0 Å². The molecule has 0 aliphatic carbocycles. The molecule has 0 bridgehead atoms. The van der Waals surface area contributed by atoms with E-state index in [-0.39, 0.29) is 5.82 Å². The number of benzene rings is 1. The van der Waals surface area contributed by atoms with Crippen molar-refractivity contribution >= 4 is 0 Å². The number of rotatable bonds is 3. The minimum Gasteiger partial charge on any atom is -0.206 e. The average Bonchev–Trinajstić information content (AvgIpc) is 2.23. The van der Waals surface area contributed by atoms with Crippen LogP contribution in [-0.4, -0.2) is 0 Å². The monoisotopic (exact) mass is 222 g/mol. The molecule has 0 aliphatic rings. The lowest BCUT2D eigenvalue weighted by Gasteiger charge is -2.17. The molecule has 1 aromatic rings. The molecule has 0 fully saturated rings. The molecule has 0 heterocycles. The molecule has 0 aliphatic heterocycles. The molecule has 1 heteroatoms. The molecular weight excluding hydrogens is 199 g/mol. The Morgan fingerprint density at radius 2 is 1.44 bits per heavy atom. The highest BCUT2D eigenvalue weighted by atomic mass is 19.1. The molecule has 0 saturated heterocycles. The minimum absolute atomic E-state index is 0.0122. The van der Waals surface area contributed by atoms with Gasteiger partial charge in [-0.25, -0.2) is 4.39 Å². The second-order valence-electron chi connectivity index (χ2n) is 5.23. The molecule has 0 atom stereocenters. The molecule has 16 heavy (non-hydrogen) atoms. The van der Waals surface area contributed by atoms with E-state index >= 15 is 0 Å². The number of hydrogen-bond donors (Lipinski definition) is 0. The molecule has 1 rings (SSSR count). The molecular formula is C15H23F. The van der Waals surface area contributed by atoms with E-state index in [0.29, 0.717) is 5.92 Å². The van der Waals surface area contributed by atoms with Gasteiger partial charge in [-0.15, -0.1) is 0 Å². The summed E-state index contributed by atoms with van der Waals surface area (Å²) in [6.45, 7) is 12.3. The lowest BCUT2D eigenvalue weighted by molar-refractivity contribution is 0.573. The Balaban J connectivity index is 3.18. The van der Waals surface area contributed by atoms with E-state index in [1.54, 1.807) is 0 Å². The van der Waals surface area contributed by atoms with Crippen molar-refractivity contribution in [3.8, 4) is 0 Å². The lowest BCUT2D eigenvalue weighted by atomic mass is 9.89. The summed E-state index contributed by atoms with van der Waals surface area (Å²) < 4.78 is 14.0. The van der Waals surface area contributed by atoms with Crippen molar-refractivity contribution in [2.24, 2.45) is 5.92 Å². The second-order valence-corrected chi connectivity index (χ2v) is 5.23. The normalized spacial score (nSPS) is 11.2. The first-order chi connectivity index (χ1) is 7.36. The third-order valence-electron chi connectivity index (χ3n) is 3.66. The lowest BCUT2D eigenvalue weighted by Crippen LogP contribution is -2.05. The molecule has 1 aromatic carbocycles. The third-order valence-corrected chi connectivity index (χ3v) is 3.66. The summed E-state index contributed by atoms with van der Waals surface area (Å²) in [4.78, 5) is 0. The van der Waals surface area contributed by atoms with Crippen molar-refractivity contribution in [2.75, 3.05) is 0 Å². The quantitative estimate of drug-likeness (QED) is 0.698. The Bertz CT molecular complexity index is 360. The summed E-state index contributed by atoms with van der Waals surface area (Å²) in [7, 11) is 0. The van der Waals surface area contributed by atoms with E-state index in [2.05, 4.69) is 20.8 Å². The molecule has 0 spiro atoms. The summed E-state index contributed by atoms with van der Waals surface area (Å²) in [5.74, 6) is 0.658. The van der Waals surface area contributed by atoms with Gasteiger partial charge >= 0.3 is 0 Å². The minimum atomic E-state index is -0.0122. The van der Waals surface area contributed by atoms with E-state index in [1.165, 1.54) is 11.1 Å². The van der Waals surface area contributed by atoms with Crippen molar-refractivity contribution < 1.29 is 4.39 Å². The van der Waals surface area contributed by atoms with Gasteiger partial charge in [0.25, 0.3) is 0 Å². The summed E-state index contributed by atoms with van der Waals surface area (Å²) >= 11 is 0. The highest BCUT2D eigenvalue weighted by molar-refractivity contribution is 5.45. The van der Waals surface area contributed by atoms with Crippen LogP contribution < -0.4 is 0 Å². The average molecular weight is 222 g/mol. The first kappa shape index (κ1) is 13.2. The van der Waals surface area contributed by atoms with Crippen molar-refractivity contribution in [1.29, 1.82) is 0 Å². The van der Waals surface area contributed by atoms with Crippen LogP contribution in [0.15, 0.2) is 0 Å². The zero-order valence-electron chi connectivity index (χ0n) is 11.4. The zero-order valence-corrected chi connectivity index (χ0v) is 11.4. The summed E-state index contributed by atoms with van der Waals surface area (Å²) in [6, 6.07) is 0. The van der Waals surface area contributed by atoms with Gasteiger partial charge < -0.3 is 0 Å². The fraction of sp³-hybridized carbons (Fsp3) is 0.600. The number of hydrogen-bond acceptors (Lipinski definition) is 0. The third kappa shape index (κ3) is 2.45. The highest BCUT2D eigenvalue weighted by Gasteiger charge is 2.14. The molecule has 0 N–H and O–H groups in total. The van der Waals surface area contributed by atoms with E-state index in [0.717, 1.165) is 29.5 Å². The van der Waals surface area contributed by atoms with Gasteiger partial charge in [0.15, 0.2) is 0 Å². The van der Waals surface area contributed by atoms with Gasteiger partial charge in [-0.1, -0.05) is 13.8 Å². The van der Waals surface area contributed by atoms with Crippen molar-refractivity contribution in [2.45, 2.75) is 54.4 Å². The Hall–Kier alpha value is -0.850. The van der Waals surface area contributed by atoms with E-state index in [9.17, 15) is 4.39 Å². The summed E-state index contributed by atoms with van der Waals surface area (Å²) in [5, 5.41) is 0. The van der Waals surface area contributed by atoms with Gasteiger partial charge in [0, 0.05) is 0 Å². The second kappa shape index (κ2) is 4.99.